The minimum absolute atomic E-state index is 0.0301. The van der Waals surface area contributed by atoms with Gasteiger partial charge in [0.2, 0.25) is 10.0 Å². The Hall–Kier alpha value is -0.340. The van der Waals surface area contributed by atoms with Crippen LogP contribution in [0.25, 0.3) is 0 Å². The monoisotopic (exact) mass is 331 g/mol. The molecule has 1 aromatic rings. The number of hydrogen-bond donors (Lipinski definition) is 0. The van der Waals surface area contributed by atoms with E-state index in [4.69, 9.17) is 23.6 Å². The molecule has 5 nitrogen and oxygen atoms in total. The van der Waals surface area contributed by atoms with E-state index >= 15 is 0 Å². The zero-order valence-electron chi connectivity index (χ0n) is 9.38. The molecule has 0 aliphatic carbocycles. The van der Waals surface area contributed by atoms with Gasteiger partial charge in [-0.05, 0) is 22.4 Å². The molecule has 0 aromatic heterocycles. The summed E-state index contributed by atoms with van der Waals surface area (Å²) in [5.41, 5.74) is 0.911. The van der Waals surface area contributed by atoms with Gasteiger partial charge in [0.1, 0.15) is 0 Å². The summed E-state index contributed by atoms with van der Waals surface area (Å²) in [5.74, 6) is -1.25. The lowest BCUT2D eigenvalue weighted by molar-refractivity contribution is 0.576. The molecule has 0 saturated heterocycles. The molecule has 9 heteroatoms. The molecule has 0 heterocycles. The molecule has 0 bridgehead atoms. The fraction of sp³-hybridized carbons (Fsp3) is 0.333. The van der Waals surface area contributed by atoms with Crippen LogP contribution in [0.4, 0.5) is 0 Å². The van der Waals surface area contributed by atoms with Crippen molar-refractivity contribution in [3.8, 4) is 0 Å². The molecule has 0 fully saturated rings. The van der Waals surface area contributed by atoms with Gasteiger partial charge in [0.05, 0.1) is 16.4 Å². The third-order valence-corrected chi connectivity index (χ3v) is 6.59. The fourth-order valence-electron chi connectivity index (χ4n) is 1.15. The maximum absolute atomic E-state index is 11.8. The highest BCUT2D eigenvalue weighted by atomic mass is 35.5. The third kappa shape index (κ3) is 4.10. The Balaban J connectivity index is 2.87. The summed E-state index contributed by atoms with van der Waals surface area (Å²) in [6.45, 7) is 1.82. The summed E-state index contributed by atoms with van der Waals surface area (Å²) in [6.07, 6.45) is 0. The number of sulfonamides is 1. The lowest BCUT2D eigenvalue weighted by atomic mass is 10.2. The highest BCUT2D eigenvalue weighted by Gasteiger charge is 2.23. The Bertz CT molecular complexity index is 608. The largest absolute Gasteiger partial charge is 0.242 e. The summed E-state index contributed by atoms with van der Waals surface area (Å²) in [7, 11) is -7.63. The number of aryl methyl sites for hydroxylation is 1. The topological polar surface area (TPSA) is 71.5 Å². The Morgan fingerprint density at radius 3 is 1.94 bits per heavy atom. The molecule has 0 amide bonds. The van der Waals surface area contributed by atoms with Crippen LogP contribution >= 0.6 is 23.6 Å². The van der Waals surface area contributed by atoms with Crippen LogP contribution < -0.4 is 0 Å². The van der Waals surface area contributed by atoms with E-state index in [9.17, 15) is 16.8 Å². The quantitative estimate of drug-likeness (QED) is 0.770. The van der Waals surface area contributed by atoms with Gasteiger partial charge in [0.25, 0.3) is 0 Å². The van der Waals surface area contributed by atoms with Crippen LogP contribution in [0.3, 0.4) is 0 Å². The number of sulfone groups is 1. The van der Waals surface area contributed by atoms with Crippen molar-refractivity contribution in [2.45, 2.75) is 11.8 Å². The number of benzene rings is 1. The smallest absolute Gasteiger partial charge is 0.224 e. The van der Waals surface area contributed by atoms with E-state index < -0.39 is 31.4 Å². The second-order valence-electron chi connectivity index (χ2n) is 3.62. The van der Waals surface area contributed by atoms with E-state index in [1.54, 1.807) is 12.1 Å². The maximum Gasteiger partial charge on any atom is 0.242 e. The van der Waals surface area contributed by atoms with Crippen molar-refractivity contribution in [2.24, 2.45) is 0 Å². The molecule has 0 aliphatic heterocycles. The summed E-state index contributed by atoms with van der Waals surface area (Å²) in [5, 5.41) is 0. The molecule has 0 radical (unpaired) electrons. The summed E-state index contributed by atoms with van der Waals surface area (Å²) < 4.78 is 46.2. The van der Waals surface area contributed by atoms with Gasteiger partial charge in [-0.3, -0.25) is 0 Å². The minimum atomic E-state index is -3.96. The van der Waals surface area contributed by atoms with Crippen LogP contribution in [0, 0.1) is 6.92 Å². The van der Waals surface area contributed by atoms with Crippen molar-refractivity contribution < 1.29 is 16.8 Å². The Labute approximate surface area is 117 Å². The average Bonchev–Trinajstić information content (AvgIpc) is 2.27. The molecule has 1 rings (SSSR count). The van der Waals surface area contributed by atoms with Gasteiger partial charge in [0, 0.05) is 23.6 Å². The average molecular weight is 332 g/mol. The molecule has 0 atom stereocenters. The van der Waals surface area contributed by atoms with Crippen LogP contribution in [0.1, 0.15) is 5.56 Å². The van der Waals surface area contributed by atoms with E-state index in [-0.39, 0.29) is 8.24 Å². The first-order valence-electron chi connectivity index (χ1n) is 4.79. The third-order valence-electron chi connectivity index (χ3n) is 2.20. The van der Waals surface area contributed by atoms with Gasteiger partial charge in [-0.15, -0.1) is 0 Å². The van der Waals surface area contributed by atoms with E-state index in [1.165, 1.54) is 12.1 Å². The predicted octanol–water partition coefficient (Wildman–Crippen LogP) is 1.71. The van der Waals surface area contributed by atoms with Crippen molar-refractivity contribution in [1.82, 2.24) is 3.34 Å². The van der Waals surface area contributed by atoms with Gasteiger partial charge >= 0.3 is 0 Å². The second kappa shape index (κ2) is 5.75. The zero-order valence-corrected chi connectivity index (χ0v) is 12.5. The minimum Gasteiger partial charge on any atom is -0.224 e. The molecule has 1 aromatic carbocycles. The number of rotatable bonds is 5. The van der Waals surface area contributed by atoms with Gasteiger partial charge < -0.3 is 0 Å². The predicted molar refractivity (Wildman–Crippen MR) is 70.6 cm³/mol. The van der Waals surface area contributed by atoms with Gasteiger partial charge in [-0.1, -0.05) is 17.7 Å². The van der Waals surface area contributed by atoms with Gasteiger partial charge in [0.15, 0.2) is 9.84 Å². The molecule has 0 aliphatic rings. The Morgan fingerprint density at radius 1 is 1.00 bits per heavy atom. The van der Waals surface area contributed by atoms with E-state index in [1.807, 2.05) is 6.92 Å². The fourth-order valence-corrected chi connectivity index (χ4v) is 4.21. The first kappa shape index (κ1) is 15.7. The zero-order chi connectivity index (χ0) is 14.0. The van der Waals surface area contributed by atoms with Crippen LogP contribution in [0.5, 0.6) is 0 Å². The highest BCUT2D eigenvalue weighted by Crippen LogP contribution is 2.15. The molecular formula is C9H11Cl2NO4S2. The number of hydrogen-bond acceptors (Lipinski definition) is 4. The Kier molecular flexibility index (Phi) is 5.02. The van der Waals surface area contributed by atoms with Crippen LogP contribution in [-0.4, -0.2) is 31.7 Å². The molecule has 0 unspecified atom stereocenters. The number of halogens is 2. The van der Waals surface area contributed by atoms with Crippen molar-refractivity contribution in [1.29, 1.82) is 0 Å². The van der Waals surface area contributed by atoms with Gasteiger partial charge in [-0.2, -0.15) is 0 Å². The van der Waals surface area contributed by atoms with Gasteiger partial charge in [-0.25, -0.2) is 16.8 Å². The lowest BCUT2D eigenvalue weighted by Crippen LogP contribution is -2.23. The highest BCUT2D eigenvalue weighted by molar-refractivity contribution is 7.94. The summed E-state index contributed by atoms with van der Waals surface area (Å²) >= 11 is 10.2. The molecule has 0 spiro atoms. The molecule has 102 valence electrons. The first-order valence-corrected chi connectivity index (χ1v) is 8.73. The van der Waals surface area contributed by atoms with Crippen LogP contribution in [-0.2, 0) is 19.9 Å². The van der Waals surface area contributed by atoms with Crippen LogP contribution in [0.15, 0.2) is 29.2 Å². The summed E-state index contributed by atoms with van der Waals surface area (Å²) in [6, 6.07) is 6.13. The van der Waals surface area contributed by atoms with Crippen molar-refractivity contribution >= 4 is 43.4 Å². The molecule has 18 heavy (non-hydrogen) atoms. The molecule has 0 N–H and O–H groups in total. The van der Waals surface area contributed by atoms with Crippen molar-refractivity contribution in [3.05, 3.63) is 29.8 Å². The van der Waals surface area contributed by atoms with Crippen molar-refractivity contribution in [2.75, 3.05) is 11.5 Å². The lowest BCUT2D eigenvalue weighted by Gasteiger charge is -2.07. The van der Waals surface area contributed by atoms with E-state index in [2.05, 4.69) is 0 Å². The standard InChI is InChI=1S/C9H11Cl2NO4S2/c1-8-2-4-9(5-3-8)17(13,14)6-7-18(15,16)12(10)11/h2-5H,6-7H2,1H3. The first-order chi connectivity index (χ1) is 8.15. The van der Waals surface area contributed by atoms with Crippen molar-refractivity contribution in [3.63, 3.8) is 0 Å². The maximum atomic E-state index is 11.8. The van der Waals surface area contributed by atoms with Crippen LogP contribution in [0.2, 0.25) is 0 Å². The van der Waals surface area contributed by atoms with E-state index in [0.717, 1.165) is 5.56 Å². The SMILES string of the molecule is Cc1ccc(S(=O)(=O)CCS(=O)(=O)N(Cl)Cl)cc1. The Morgan fingerprint density at radius 2 is 1.50 bits per heavy atom. The normalized spacial score (nSPS) is 12.9. The second-order valence-corrected chi connectivity index (χ2v) is 8.92. The summed E-state index contributed by atoms with van der Waals surface area (Å²) in [4.78, 5) is 0.0685. The molecule has 0 saturated carbocycles. The number of nitrogens with zero attached hydrogens (tertiary/aromatic N) is 1. The molecular weight excluding hydrogens is 321 g/mol. The van der Waals surface area contributed by atoms with E-state index in [0.29, 0.717) is 0 Å².